The Kier molecular flexibility index (Phi) is 4.18. The molecule has 0 aromatic carbocycles. The van der Waals surface area contributed by atoms with Crippen molar-refractivity contribution in [1.82, 2.24) is 4.90 Å². The van der Waals surface area contributed by atoms with Crippen LogP contribution in [-0.2, 0) is 14.4 Å². The van der Waals surface area contributed by atoms with Gasteiger partial charge in [0, 0.05) is 14.1 Å². The largest absolute Gasteiger partial charge is 0.348 e. The number of Topliss-reactive ketones (excluding diaryl/α,β-unsaturated/α-hetero) is 2. The van der Waals surface area contributed by atoms with Gasteiger partial charge < -0.3 is 4.90 Å². The van der Waals surface area contributed by atoms with E-state index in [0.29, 0.717) is 0 Å². The van der Waals surface area contributed by atoms with Crippen molar-refractivity contribution in [3.8, 4) is 0 Å². The molecule has 0 spiro atoms. The lowest BCUT2D eigenvalue weighted by Crippen LogP contribution is -2.24. The average molecular weight is 171 g/mol. The predicted molar refractivity (Wildman–Crippen MR) is 43.6 cm³/mol. The Morgan fingerprint density at radius 3 is 1.92 bits per heavy atom. The number of nitrogens with zero attached hydrogens (tertiary/aromatic N) is 1. The van der Waals surface area contributed by atoms with E-state index in [2.05, 4.69) is 0 Å². The minimum atomic E-state index is -0.318. The van der Waals surface area contributed by atoms with Crippen LogP contribution in [0.3, 0.4) is 0 Å². The lowest BCUT2D eigenvalue weighted by atomic mass is 10.1. The summed E-state index contributed by atoms with van der Waals surface area (Å²) in [6.07, 6.45) is -0.313. The van der Waals surface area contributed by atoms with Gasteiger partial charge >= 0.3 is 0 Å². The molecular weight excluding hydrogens is 158 g/mol. The molecule has 1 amide bonds. The van der Waals surface area contributed by atoms with Gasteiger partial charge in [-0.25, -0.2) is 0 Å². The Labute approximate surface area is 71.5 Å². The third-order valence-electron chi connectivity index (χ3n) is 1.29. The zero-order valence-corrected chi connectivity index (χ0v) is 7.59. The van der Waals surface area contributed by atoms with Crippen LogP contribution >= 0.6 is 0 Å². The highest BCUT2D eigenvalue weighted by molar-refractivity contribution is 6.05. The fourth-order valence-electron chi connectivity index (χ4n) is 0.667. The number of hydrogen-bond acceptors (Lipinski definition) is 3. The molecule has 0 aliphatic heterocycles. The summed E-state index contributed by atoms with van der Waals surface area (Å²) in [5, 5.41) is 0. The smallest absolute Gasteiger partial charge is 0.229 e. The van der Waals surface area contributed by atoms with Gasteiger partial charge in [-0.05, 0) is 6.92 Å². The van der Waals surface area contributed by atoms with Crippen LogP contribution in [0.4, 0.5) is 0 Å². The van der Waals surface area contributed by atoms with E-state index < -0.39 is 0 Å². The van der Waals surface area contributed by atoms with Crippen molar-refractivity contribution in [3.63, 3.8) is 0 Å². The van der Waals surface area contributed by atoms with Crippen LogP contribution in [0.1, 0.15) is 19.8 Å². The first-order chi connectivity index (χ1) is 5.43. The van der Waals surface area contributed by atoms with Gasteiger partial charge in [-0.15, -0.1) is 0 Å². The first-order valence-electron chi connectivity index (χ1n) is 3.64. The molecule has 0 aliphatic carbocycles. The molecule has 0 heterocycles. The zero-order chi connectivity index (χ0) is 9.72. The molecule has 4 heteroatoms. The number of hydrogen-bond donors (Lipinski definition) is 0. The van der Waals surface area contributed by atoms with Crippen molar-refractivity contribution >= 4 is 17.5 Å². The molecule has 0 atom stereocenters. The molecule has 0 saturated heterocycles. The molecular formula is C8H13NO3. The lowest BCUT2D eigenvalue weighted by molar-refractivity contribution is -0.134. The molecule has 0 aromatic heterocycles. The van der Waals surface area contributed by atoms with E-state index in [9.17, 15) is 14.4 Å². The molecule has 0 radical (unpaired) electrons. The van der Waals surface area contributed by atoms with Gasteiger partial charge in [0.15, 0.2) is 0 Å². The van der Waals surface area contributed by atoms with Gasteiger partial charge in [0.2, 0.25) is 5.91 Å². The Morgan fingerprint density at radius 1 is 1.08 bits per heavy atom. The standard InChI is InChI=1S/C8H13NO3/c1-6(10)4-7(11)5-8(12)9(2)3/h4-5H2,1-3H3. The number of rotatable bonds is 4. The second-order valence-corrected chi connectivity index (χ2v) is 2.88. The van der Waals surface area contributed by atoms with Gasteiger partial charge in [0.25, 0.3) is 0 Å². The summed E-state index contributed by atoms with van der Waals surface area (Å²) < 4.78 is 0. The van der Waals surface area contributed by atoms with Gasteiger partial charge in [-0.2, -0.15) is 0 Å². The highest BCUT2D eigenvalue weighted by Gasteiger charge is 2.12. The van der Waals surface area contributed by atoms with Crippen LogP contribution in [0, 0.1) is 0 Å². The maximum absolute atomic E-state index is 10.9. The summed E-state index contributed by atoms with van der Waals surface area (Å²) in [5.74, 6) is -0.783. The van der Waals surface area contributed by atoms with E-state index in [4.69, 9.17) is 0 Å². The third-order valence-corrected chi connectivity index (χ3v) is 1.29. The lowest BCUT2D eigenvalue weighted by Gasteiger charge is -2.08. The number of amides is 1. The van der Waals surface area contributed by atoms with Crippen LogP contribution < -0.4 is 0 Å². The van der Waals surface area contributed by atoms with E-state index in [1.165, 1.54) is 11.8 Å². The summed E-state index contributed by atoms with van der Waals surface area (Å²) in [7, 11) is 3.15. The first kappa shape index (κ1) is 10.8. The van der Waals surface area contributed by atoms with Gasteiger partial charge in [-0.3, -0.25) is 14.4 Å². The number of carbonyl (C=O) groups is 3. The van der Waals surface area contributed by atoms with Crippen molar-refractivity contribution in [2.75, 3.05) is 14.1 Å². The van der Waals surface area contributed by atoms with Crippen molar-refractivity contribution in [2.45, 2.75) is 19.8 Å². The molecule has 4 nitrogen and oxygen atoms in total. The van der Waals surface area contributed by atoms with E-state index in [0.717, 1.165) is 0 Å². The third kappa shape index (κ3) is 4.60. The minimum absolute atomic E-state index is 0.139. The van der Waals surface area contributed by atoms with Gasteiger partial charge in [-0.1, -0.05) is 0 Å². The molecule has 0 rings (SSSR count). The Hall–Kier alpha value is -1.19. The molecule has 0 fully saturated rings. The van der Waals surface area contributed by atoms with E-state index in [1.54, 1.807) is 14.1 Å². The summed E-state index contributed by atoms with van der Waals surface area (Å²) in [4.78, 5) is 33.6. The Balaban J connectivity index is 3.85. The molecule has 0 aliphatic rings. The SMILES string of the molecule is CC(=O)CC(=O)CC(=O)N(C)C. The fraction of sp³-hybridized carbons (Fsp3) is 0.625. The van der Waals surface area contributed by atoms with E-state index in [-0.39, 0.29) is 30.3 Å². The first-order valence-corrected chi connectivity index (χ1v) is 3.64. The Morgan fingerprint density at radius 2 is 1.58 bits per heavy atom. The fourth-order valence-corrected chi connectivity index (χ4v) is 0.667. The van der Waals surface area contributed by atoms with Crippen molar-refractivity contribution in [3.05, 3.63) is 0 Å². The maximum Gasteiger partial charge on any atom is 0.229 e. The van der Waals surface area contributed by atoms with E-state index >= 15 is 0 Å². The second kappa shape index (κ2) is 4.64. The van der Waals surface area contributed by atoms with Crippen LogP contribution in [0.15, 0.2) is 0 Å². The minimum Gasteiger partial charge on any atom is -0.348 e. The molecule has 0 saturated carbocycles. The average Bonchev–Trinajstić information content (AvgIpc) is 1.84. The zero-order valence-electron chi connectivity index (χ0n) is 7.59. The second-order valence-electron chi connectivity index (χ2n) is 2.88. The molecule has 0 N–H and O–H groups in total. The van der Waals surface area contributed by atoms with Crippen molar-refractivity contribution in [2.24, 2.45) is 0 Å². The predicted octanol–water partition coefficient (Wildman–Crippen LogP) is 0.0129. The van der Waals surface area contributed by atoms with Crippen molar-refractivity contribution < 1.29 is 14.4 Å². The summed E-state index contributed by atoms with van der Waals surface area (Å²) in [6.45, 7) is 1.33. The van der Waals surface area contributed by atoms with Crippen LogP contribution in [0.25, 0.3) is 0 Å². The molecule has 12 heavy (non-hydrogen) atoms. The monoisotopic (exact) mass is 171 g/mol. The van der Waals surface area contributed by atoms with E-state index in [1.807, 2.05) is 0 Å². The number of carbonyl (C=O) groups excluding carboxylic acids is 3. The normalized spacial score (nSPS) is 9.25. The molecule has 68 valence electrons. The van der Waals surface area contributed by atoms with Crippen LogP contribution in [0.5, 0.6) is 0 Å². The Bertz CT molecular complexity index is 208. The molecule has 0 bridgehead atoms. The molecule has 0 unspecified atom stereocenters. The number of ketones is 2. The quantitative estimate of drug-likeness (QED) is 0.560. The van der Waals surface area contributed by atoms with Crippen molar-refractivity contribution in [1.29, 1.82) is 0 Å². The summed E-state index contributed by atoms with van der Waals surface area (Å²) >= 11 is 0. The highest BCUT2D eigenvalue weighted by Crippen LogP contribution is 1.94. The van der Waals surface area contributed by atoms with Gasteiger partial charge in [0.05, 0.1) is 12.8 Å². The van der Waals surface area contributed by atoms with Crippen LogP contribution in [-0.4, -0.2) is 36.5 Å². The molecule has 0 aromatic rings. The summed E-state index contributed by atoms with van der Waals surface area (Å²) in [5.41, 5.74) is 0. The topological polar surface area (TPSA) is 54.5 Å². The summed E-state index contributed by atoms with van der Waals surface area (Å²) in [6, 6.07) is 0. The highest BCUT2D eigenvalue weighted by atomic mass is 16.2. The maximum atomic E-state index is 10.9. The van der Waals surface area contributed by atoms with Gasteiger partial charge in [0.1, 0.15) is 11.6 Å². The van der Waals surface area contributed by atoms with Crippen LogP contribution in [0.2, 0.25) is 0 Å².